The lowest BCUT2D eigenvalue weighted by Gasteiger charge is -2.32. The molecule has 1 aliphatic rings. The Hall–Kier alpha value is -0.863. The molecule has 2 heteroatoms. The van der Waals surface area contributed by atoms with Gasteiger partial charge < -0.3 is 4.43 Å². The molecule has 0 radical (unpaired) electrons. The second-order valence-corrected chi connectivity index (χ2v) is 7.82. The van der Waals surface area contributed by atoms with E-state index in [9.17, 15) is 0 Å². The van der Waals surface area contributed by atoms with Crippen LogP contribution in [0.1, 0.15) is 18.4 Å². The second-order valence-electron chi connectivity index (χ2n) is 4.27. The molecular formula is C13H18OSi. The van der Waals surface area contributed by atoms with Crippen molar-refractivity contribution in [3.05, 3.63) is 42.1 Å². The van der Waals surface area contributed by atoms with E-state index in [4.69, 9.17) is 4.43 Å². The molecule has 0 spiro atoms. The van der Waals surface area contributed by atoms with Crippen molar-refractivity contribution < 1.29 is 4.43 Å². The van der Waals surface area contributed by atoms with Crippen LogP contribution in [0, 0.1) is 6.92 Å². The van der Waals surface area contributed by atoms with Crippen molar-refractivity contribution in [3.63, 3.8) is 0 Å². The first-order valence-corrected chi connectivity index (χ1v) is 7.81. The van der Waals surface area contributed by atoms with Crippen LogP contribution >= 0.6 is 0 Å². The van der Waals surface area contributed by atoms with Crippen LogP contribution < -0.4 is 5.19 Å². The van der Waals surface area contributed by atoms with Gasteiger partial charge in [-0.1, -0.05) is 41.9 Å². The van der Waals surface area contributed by atoms with Gasteiger partial charge in [0, 0.05) is 6.61 Å². The highest BCUT2D eigenvalue weighted by molar-refractivity contribution is 6.90. The molecule has 1 heterocycles. The van der Waals surface area contributed by atoms with Gasteiger partial charge in [0.1, 0.15) is 0 Å². The van der Waals surface area contributed by atoms with Gasteiger partial charge in [0.25, 0.3) is 0 Å². The maximum atomic E-state index is 6.06. The van der Waals surface area contributed by atoms with Crippen molar-refractivity contribution in [3.8, 4) is 0 Å². The lowest BCUT2D eigenvalue weighted by molar-refractivity contribution is 0.283. The Morgan fingerprint density at radius 2 is 2.00 bits per heavy atom. The molecule has 1 aromatic carbocycles. The molecule has 80 valence electrons. The minimum Gasteiger partial charge on any atom is -0.409 e. The zero-order chi connectivity index (χ0) is 10.7. The molecule has 1 fully saturated rings. The topological polar surface area (TPSA) is 9.23 Å². The smallest absolute Gasteiger partial charge is 0.248 e. The van der Waals surface area contributed by atoms with Crippen molar-refractivity contribution in [2.24, 2.45) is 0 Å². The lowest BCUT2D eigenvalue weighted by atomic mass is 10.2. The first-order chi connectivity index (χ1) is 7.27. The summed E-state index contributed by atoms with van der Waals surface area (Å²) in [4.78, 5) is 0. The third-order valence-electron chi connectivity index (χ3n) is 3.17. The molecule has 0 aromatic heterocycles. The van der Waals surface area contributed by atoms with Crippen molar-refractivity contribution >= 4 is 13.5 Å². The Labute approximate surface area is 92.9 Å². The number of aryl methyl sites for hydroxylation is 1. The molecule has 1 atom stereocenters. The van der Waals surface area contributed by atoms with E-state index in [1.165, 1.54) is 29.6 Å². The Balaban J connectivity index is 2.32. The molecule has 15 heavy (non-hydrogen) atoms. The van der Waals surface area contributed by atoms with Gasteiger partial charge in [-0.15, -0.1) is 6.58 Å². The number of hydrogen-bond donors (Lipinski definition) is 0. The van der Waals surface area contributed by atoms with Crippen LogP contribution in [-0.2, 0) is 4.43 Å². The quantitative estimate of drug-likeness (QED) is 0.694. The van der Waals surface area contributed by atoms with E-state index in [2.05, 4.69) is 43.5 Å². The third kappa shape index (κ3) is 2.06. The monoisotopic (exact) mass is 218 g/mol. The molecule has 2 rings (SSSR count). The van der Waals surface area contributed by atoms with Crippen LogP contribution in [0.5, 0.6) is 0 Å². The van der Waals surface area contributed by atoms with Crippen LogP contribution in [0.3, 0.4) is 0 Å². The van der Waals surface area contributed by atoms with E-state index >= 15 is 0 Å². The maximum Gasteiger partial charge on any atom is 0.248 e. The summed E-state index contributed by atoms with van der Waals surface area (Å²) in [5.41, 5.74) is 3.40. The van der Waals surface area contributed by atoms with Gasteiger partial charge in [0.2, 0.25) is 8.32 Å². The van der Waals surface area contributed by atoms with Crippen LogP contribution in [-0.4, -0.2) is 14.9 Å². The van der Waals surface area contributed by atoms with E-state index in [0.717, 1.165) is 6.61 Å². The molecule has 0 saturated carbocycles. The van der Waals surface area contributed by atoms with Crippen LogP contribution in [0.2, 0.25) is 6.04 Å². The first-order valence-electron chi connectivity index (χ1n) is 5.61. The molecule has 0 N–H and O–H groups in total. The van der Waals surface area contributed by atoms with Crippen LogP contribution in [0.4, 0.5) is 0 Å². The molecule has 1 unspecified atom stereocenters. The summed E-state index contributed by atoms with van der Waals surface area (Å²) in [5, 5.41) is 1.38. The fourth-order valence-corrected chi connectivity index (χ4v) is 5.33. The number of rotatable bonds is 2. The van der Waals surface area contributed by atoms with Gasteiger partial charge in [-0.05, 0) is 24.6 Å². The number of benzene rings is 1. The SMILES string of the molecule is C=C[Si]1(c2ccc(C)cc2)CCCCO1. The summed E-state index contributed by atoms with van der Waals surface area (Å²) in [6, 6.07) is 9.97. The Kier molecular flexibility index (Phi) is 3.07. The Morgan fingerprint density at radius 3 is 2.53 bits per heavy atom. The average molecular weight is 218 g/mol. The van der Waals surface area contributed by atoms with E-state index < -0.39 is 8.32 Å². The van der Waals surface area contributed by atoms with Crippen LogP contribution in [0.15, 0.2) is 36.5 Å². The van der Waals surface area contributed by atoms with Gasteiger partial charge >= 0.3 is 0 Å². The van der Waals surface area contributed by atoms with E-state index in [1.54, 1.807) is 0 Å². The van der Waals surface area contributed by atoms with Crippen molar-refractivity contribution in [1.29, 1.82) is 0 Å². The summed E-state index contributed by atoms with van der Waals surface area (Å²) in [6.45, 7) is 7.02. The highest BCUT2D eigenvalue weighted by Crippen LogP contribution is 2.22. The summed E-state index contributed by atoms with van der Waals surface area (Å²) in [7, 11) is -1.79. The zero-order valence-electron chi connectivity index (χ0n) is 9.33. The van der Waals surface area contributed by atoms with E-state index in [1.807, 2.05) is 0 Å². The fraction of sp³-hybridized carbons (Fsp3) is 0.385. The molecule has 0 amide bonds. The van der Waals surface area contributed by atoms with Crippen molar-refractivity contribution in [1.82, 2.24) is 0 Å². The predicted octanol–water partition coefficient (Wildman–Crippen LogP) is 2.68. The molecular weight excluding hydrogens is 200 g/mol. The molecule has 0 bridgehead atoms. The highest BCUT2D eigenvalue weighted by Gasteiger charge is 2.35. The second kappa shape index (κ2) is 4.33. The van der Waals surface area contributed by atoms with E-state index in [0.29, 0.717) is 0 Å². The van der Waals surface area contributed by atoms with Gasteiger partial charge in [0.05, 0.1) is 0 Å². The molecule has 1 saturated heterocycles. The third-order valence-corrected chi connectivity index (χ3v) is 6.96. The van der Waals surface area contributed by atoms with Gasteiger partial charge in [0.15, 0.2) is 0 Å². The molecule has 0 aliphatic carbocycles. The van der Waals surface area contributed by atoms with Gasteiger partial charge in [-0.2, -0.15) is 0 Å². The van der Waals surface area contributed by atoms with Crippen molar-refractivity contribution in [2.75, 3.05) is 6.61 Å². The van der Waals surface area contributed by atoms with Gasteiger partial charge in [-0.25, -0.2) is 0 Å². The van der Waals surface area contributed by atoms with Crippen LogP contribution in [0.25, 0.3) is 0 Å². The summed E-state index contributed by atoms with van der Waals surface area (Å²) in [6.07, 6.45) is 2.49. The minimum absolute atomic E-state index is 0.909. The average Bonchev–Trinajstić information content (AvgIpc) is 2.31. The minimum atomic E-state index is -1.79. The predicted molar refractivity (Wildman–Crippen MR) is 66.8 cm³/mol. The summed E-state index contributed by atoms with van der Waals surface area (Å²) < 4.78 is 6.06. The summed E-state index contributed by atoms with van der Waals surface area (Å²) >= 11 is 0. The van der Waals surface area contributed by atoms with Crippen molar-refractivity contribution in [2.45, 2.75) is 25.8 Å². The first kappa shape index (κ1) is 10.6. The maximum absolute atomic E-state index is 6.06. The largest absolute Gasteiger partial charge is 0.409 e. The number of hydrogen-bond acceptors (Lipinski definition) is 1. The molecule has 1 nitrogen and oxygen atoms in total. The Bertz CT molecular complexity index is 336. The normalized spacial score (nSPS) is 26.2. The molecule has 1 aliphatic heterocycles. The lowest BCUT2D eigenvalue weighted by Crippen LogP contribution is -2.51. The molecule has 1 aromatic rings. The Morgan fingerprint density at radius 1 is 1.27 bits per heavy atom. The van der Waals surface area contributed by atoms with Gasteiger partial charge in [-0.3, -0.25) is 0 Å². The zero-order valence-corrected chi connectivity index (χ0v) is 10.3. The standard InChI is InChI=1S/C13H18OSi/c1-3-15(11-5-4-10-14-15)13-8-6-12(2)7-9-13/h3,6-9H,1,4-5,10-11H2,2H3. The fourth-order valence-electron chi connectivity index (χ4n) is 2.16. The summed E-state index contributed by atoms with van der Waals surface area (Å²) in [5.74, 6) is 0. The van der Waals surface area contributed by atoms with E-state index in [-0.39, 0.29) is 0 Å². The highest BCUT2D eigenvalue weighted by atomic mass is 28.4.